The van der Waals surface area contributed by atoms with E-state index < -0.39 is 4.92 Å². The van der Waals surface area contributed by atoms with Crippen LogP contribution in [0.25, 0.3) is 5.69 Å². The van der Waals surface area contributed by atoms with Crippen LogP contribution in [0.3, 0.4) is 0 Å². The van der Waals surface area contributed by atoms with E-state index in [-0.39, 0.29) is 18.1 Å². The number of hydrogen-bond donors (Lipinski definition) is 1. The first-order valence-corrected chi connectivity index (χ1v) is 5.14. The highest BCUT2D eigenvalue weighted by Gasteiger charge is 2.11. The average molecular weight is 269 g/mol. The molecule has 0 fully saturated rings. The van der Waals surface area contributed by atoms with E-state index in [0.717, 1.165) is 11.3 Å². The summed E-state index contributed by atoms with van der Waals surface area (Å²) in [4.78, 5) is 10.3. The maximum atomic E-state index is 10.7. The molecule has 6 nitrogen and oxygen atoms in total. The number of benzene rings is 1. The third kappa shape index (κ3) is 2.85. The first kappa shape index (κ1) is 14.1. The van der Waals surface area contributed by atoms with Crippen LogP contribution in [-0.4, -0.2) is 21.8 Å². The van der Waals surface area contributed by atoms with Crippen LogP contribution in [0.1, 0.15) is 5.56 Å². The summed E-state index contributed by atoms with van der Waals surface area (Å²) in [5.41, 5.74) is 1.77. The molecule has 0 amide bonds. The van der Waals surface area contributed by atoms with Gasteiger partial charge in [0.05, 0.1) is 10.6 Å². The van der Waals surface area contributed by atoms with Gasteiger partial charge in [-0.3, -0.25) is 10.1 Å². The Hall–Kier alpha value is -1.92. The molecule has 2 aromatic rings. The second-order valence-corrected chi connectivity index (χ2v) is 3.55. The highest BCUT2D eigenvalue weighted by atomic mass is 35.5. The van der Waals surface area contributed by atoms with Gasteiger partial charge in [-0.25, -0.2) is 4.68 Å². The smallest absolute Gasteiger partial charge is 0.269 e. The fourth-order valence-corrected chi connectivity index (χ4v) is 1.65. The molecule has 0 aliphatic carbocycles. The molecule has 0 aliphatic rings. The van der Waals surface area contributed by atoms with Crippen molar-refractivity contribution < 1.29 is 4.92 Å². The molecule has 0 saturated carbocycles. The predicted molar refractivity (Wildman–Crippen MR) is 70.2 cm³/mol. The third-order valence-electron chi connectivity index (χ3n) is 2.39. The summed E-state index contributed by atoms with van der Waals surface area (Å²) in [6, 6.07) is 6.56. The first-order valence-electron chi connectivity index (χ1n) is 5.14. The van der Waals surface area contributed by atoms with Gasteiger partial charge in [-0.2, -0.15) is 5.10 Å². The zero-order valence-electron chi connectivity index (χ0n) is 9.74. The fourth-order valence-electron chi connectivity index (χ4n) is 1.65. The van der Waals surface area contributed by atoms with Crippen LogP contribution >= 0.6 is 12.4 Å². The van der Waals surface area contributed by atoms with E-state index in [2.05, 4.69) is 10.4 Å². The third-order valence-corrected chi connectivity index (χ3v) is 2.39. The molecule has 0 saturated heterocycles. The van der Waals surface area contributed by atoms with Gasteiger partial charge in [0.15, 0.2) is 0 Å². The highest BCUT2D eigenvalue weighted by molar-refractivity contribution is 5.85. The van der Waals surface area contributed by atoms with Crippen molar-refractivity contribution in [1.29, 1.82) is 0 Å². The first-order chi connectivity index (χ1) is 8.22. The Bertz CT molecular complexity index is 528. The largest absolute Gasteiger partial charge is 0.316 e. The highest BCUT2D eigenvalue weighted by Crippen LogP contribution is 2.20. The van der Waals surface area contributed by atoms with Crippen molar-refractivity contribution >= 4 is 18.1 Å². The minimum Gasteiger partial charge on any atom is -0.316 e. The van der Waals surface area contributed by atoms with Crippen LogP contribution in [0.5, 0.6) is 0 Å². The summed E-state index contributed by atoms with van der Waals surface area (Å²) in [7, 11) is 1.80. The van der Waals surface area contributed by atoms with Crippen LogP contribution in [0.15, 0.2) is 36.7 Å². The van der Waals surface area contributed by atoms with Crippen molar-refractivity contribution in [3.05, 3.63) is 52.3 Å². The summed E-state index contributed by atoms with van der Waals surface area (Å²) in [6.07, 6.45) is 3.48. The number of nitrogens with zero attached hydrogens (tertiary/aromatic N) is 3. The van der Waals surface area contributed by atoms with E-state index in [4.69, 9.17) is 0 Å². The molecule has 1 aromatic heterocycles. The summed E-state index contributed by atoms with van der Waals surface area (Å²) in [5.74, 6) is 0. The molecular formula is C11H13ClN4O2. The van der Waals surface area contributed by atoms with Crippen LogP contribution in [-0.2, 0) is 6.54 Å². The number of rotatable bonds is 4. The molecule has 96 valence electrons. The van der Waals surface area contributed by atoms with Crippen molar-refractivity contribution in [3.8, 4) is 5.69 Å². The van der Waals surface area contributed by atoms with E-state index in [9.17, 15) is 10.1 Å². The van der Waals surface area contributed by atoms with Gasteiger partial charge >= 0.3 is 0 Å². The lowest BCUT2D eigenvalue weighted by Gasteiger charge is -2.08. The number of nitrogens with one attached hydrogen (secondary N) is 1. The minimum absolute atomic E-state index is 0. The molecule has 0 bridgehead atoms. The second kappa shape index (κ2) is 6.13. The topological polar surface area (TPSA) is 73.0 Å². The molecule has 0 unspecified atom stereocenters. The maximum Gasteiger partial charge on any atom is 0.269 e. The zero-order valence-corrected chi connectivity index (χ0v) is 10.6. The number of halogens is 1. The Morgan fingerprint density at radius 3 is 2.83 bits per heavy atom. The lowest BCUT2D eigenvalue weighted by Crippen LogP contribution is -2.10. The van der Waals surface area contributed by atoms with Gasteiger partial charge < -0.3 is 5.32 Å². The van der Waals surface area contributed by atoms with Crippen molar-refractivity contribution in [2.45, 2.75) is 6.54 Å². The lowest BCUT2D eigenvalue weighted by molar-refractivity contribution is -0.384. The second-order valence-electron chi connectivity index (χ2n) is 3.55. The standard InChI is InChI=1S/C11H12N4O2.ClH/c1-12-8-9-7-10(15(16)17)3-4-11(9)14-6-2-5-13-14;/h2-7,12H,8H2,1H3;1H. The molecule has 0 radical (unpaired) electrons. The van der Waals surface area contributed by atoms with Crippen molar-refractivity contribution in [2.24, 2.45) is 0 Å². The van der Waals surface area contributed by atoms with Gasteiger partial charge in [-0.05, 0) is 24.7 Å². The Kier molecular flexibility index (Phi) is 4.82. The van der Waals surface area contributed by atoms with Crippen molar-refractivity contribution in [3.63, 3.8) is 0 Å². The molecule has 1 heterocycles. The van der Waals surface area contributed by atoms with E-state index in [1.54, 1.807) is 36.3 Å². The Morgan fingerprint density at radius 2 is 2.28 bits per heavy atom. The van der Waals surface area contributed by atoms with Crippen LogP contribution in [0, 0.1) is 10.1 Å². The summed E-state index contributed by atoms with van der Waals surface area (Å²) >= 11 is 0. The lowest BCUT2D eigenvalue weighted by atomic mass is 10.1. The Balaban J connectivity index is 0.00000162. The molecule has 1 aromatic carbocycles. The van der Waals surface area contributed by atoms with Gasteiger partial charge in [-0.1, -0.05) is 0 Å². The number of nitro benzene ring substituents is 1. The Labute approximate surface area is 110 Å². The zero-order chi connectivity index (χ0) is 12.3. The number of nitro groups is 1. The summed E-state index contributed by atoms with van der Waals surface area (Å²) < 4.78 is 1.69. The summed E-state index contributed by atoms with van der Waals surface area (Å²) in [5, 5.41) is 17.8. The van der Waals surface area contributed by atoms with Gasteiger partial charge in [0, 0.05) is 31.1 Å². The minimum atomic E-state index is -0.397. The maximum absolute atomic E-state index is 10.7. The van der Waals surface area contributed by atoms with E-state index in [0.29, 0.717) is 6.54 Å². The van der Waals surface area contributed by atoms with Crippen molar-refractivity contribution in [1.82, 2.24) is 15.1 Å². The number of hydrogen-bond acceptors (Lipinski definition) is 4. The predicted octanol–water partition coefficient (Wildman–Crippen LogP) is 1.92. The molecule has 0 atom stereocenters. The van der Waals surface area contributed by atoms with E-state index >= 15 is 0 Å². The van der Waals surface area contributed by atoms with E-state index in [1.165, 1.54) is 6.07 Å². The quantitative estimate of drug-likeness (QED) is 0.679. The normalized spacial score (nSPS) is 9.83. The van der Waals surface area contributed by atoms with Gasteiger partial charge in [0.2, 0.25) is 0 Å². The molecule has 0 aliphatic heterocycles. The fraction of sp³-hybridized carbons (Fsp3) is 0.182. The molecule has 7 heteroatoms. The average Bonchev–Trinajstić information content (AvgIpc) is 2.82. The molecule has 1 N–H and O–H groups in total. The SMILES string of the molecule is CNCc1cc([N+](=O)[O-])ccc1-n1cccn1.Cl. The Morgan fingerprint density at radius 1 is 1.50 bits per heavy atom. The van der Waals surface area contributed by atoms with Gasteiger partial charge in [-0.15, -0.1) is 12.4 Å². The van der Waals surface area contributed by atoms with Crippen molar-refractivity contribution in [2.75, 3.05) is 7.05 Å². The number of aromatic nitrogens is 2. The van der Waals surface area contributed by atoms with Crippen LogP contribution < -0.4 is 5.32 Å². The molecule has 18 heavy (non-hydrogen) atoms. The summed E-state index contributed by atoms with van der Waals surface area (Å²) in [6.45, 7) is 0.552. The molecule has 2 rings (SSSR count). The van der Waals surface area contributed by atoms with Gasteiger partial charge in [0.25, 0.3) is 5.69 Å². The number of non-ortho nitro benzene ring substituents is 1. The van der Waals surface area contributed by atoms with E-state index in [1.807, 2.05) is 6.07 Å². The molecule has 0 spiro atoms. The monoisotopic (exact) mass is 268 g/mol. The molecular weight excluding hydrogens is 256 g/mol. The van der Waals surface area contributed by atoms with Crippen LogP contribution in [0.4, 0.5) is 5.69 Å². The van der Waals surface area contributed by atoms with Gasteiger partial charge in [0.1, 0.15) is 0 Å². The van der Waals surface area contributed by atoms with Crippen LogP contribution in [0.2, 0.25) is 0 Å².